The highest BCUT2D eigenvalue weighted by atomic mass is 16.3. The van der Waals surface area contributed by atoms with Crippen LogP contribution in [0.2, 0.25) is 0 Å². The van der Waals surface area contributed by atoms with Crippen LogP contribution in [-0.2, 0) is 0 Å². The summed E-state index contributed by atoms with van der Waals surface area (Å²) in [5.74, 6) is 0. The van der Waals surface area contributed by atoms with Gasteiger partial charge in [0.15, 0.2) is 0 Å². The van der Waals surface area contributed by atoms with Gasteiger partial charge in [-0.15, -0.1) is 0 Å². The molecule has 0 aliphatic carbocycles. The van der Waals surface area contributed by atoms with E-state index in [1.807, 2.05) is 0 Å². The van der Waals surface area contributed by atoms with Crippen molar-refractivity contribution in [2.45, 2.75) is 32.0 Å². The maximum absolute atomic E-state index is 9.31. The highest BCUT2D eigenvalue weighted by Crippen LogP contribution is 1.99. The standard InChI is InChI=1S/C7H16N2O/c1-5(2)9-6-3-8-4-7(6)10/h5-10H,3-4H2,1-2H3/t6-,7-/m0/s1. The lowest BCUT2D eigenvalue weighted by atomic mass is 10.2. The molecule has 3 heteroatoms. The number of β-amino-alcohol motifs (C(OH)–C–C–N with tert-alkyl or cyclic N) is 1. The van der Waals surface area contributed by atoms with Gasteiger partial charge < -0.3 is 15.7 Å². The van der Waals surface area contributed by atoms with E-state index in [1.54, 1.807) is 0 Å². The summed E-state index contributed by atoms with van der Waals surface area (Å²) in [6, 6.07) is 0.708. The summed E-state index contributed by atoms with van der Waals surface area (Å²) in [7, 11) is 0. The van der Waals surface area contributed by atoms with E-state index in [1.165, 1.54) is 0 Å². The lowest BCUT2D eigenvalue weighted by Gasteiger charge is -2.17. The van der Waals surface area contributed by atoms with E-state index in [0.717, 1.165) is 13.1 Å². The van der Waals surface area contributed by atoms with Crippen molar-refractivity contribution in [2.24, 2.45) is 0 Å². The Morgan fingerprint density at radius 3 is 2.60 bits per heavy atom. The second-order valence-electron chi connectivity index (χ2n) is 3.15. The summed E-state index contributed by atoms with van der Waals surface area (Å²) >= 11 is 0. The monoisotopic (exact) mass is 144 g/mol. The third-order valence-corrected chi connectivity index (χ3v) is 1.73. The Morgan fingerprint density at radius 2 is 2.20 bits per heavy atom. The van der Waals surface area contributed by atoms with Crippen LogP contribution in [0.3, 0.4) is 0 Å². The zero-order chi connectivity index (χ0) is 7.56. The first kappa shape index (κ1) is 7.98. The number of hydrogen-bond donors (Lipinski definition) is 3. The zero-order valence-corrected chi connectivity index (χ0v) is 6.59. The molecule has 3 nitrogen and oxygen atoms in total. The van der Waals surface area contributed by atoms with Crippen LogP contribution in [0, 0.1) is 0 Å². The maximum Gasteiger partial charge on any atom is 0.0829 e. The van der Waals surface area contributed by atoms with Gasteiger partial charge in [-0.05, 0) is 0 Å². The molecule has 0 bridgehead atoms. The molecule has 1 rings (SSSR count). The fraction of sp³-hybridized carbons (Fsp3) is 1.00. The third kappa shape index (κ3) is 1.94. The minimum atomic E-state index is -0.206. The maximum atomic E-state index is 9.31. The molecule has 1 saturated heterocycles. The summed E-state index contributed by atoms with van der Waals surface area (Å²) in [4.78, 5) is 0. The minimum absolute atomic E-state index is 0.206. The van der Waals surface area contributed by atoms with E-state index in [2.05, 4.69) is 24.5 Å². The predicted octanol–water partition coefficient (Wildman–Crippen LogP) is -0.683. The molecule has 0 aromatic heterocycles. The Bertz CT molecular complexity index is 106. The van der Waals surface area contributed by atoms with Crippen molar-refractivity contribution < 1.29 is 5.11 Å². The van der Waals surface area contributed by atoms with Crippen LogP contribution >= 0.6 is 0 Å². The number of aliphatic hydroxyl groups excluding tert-OH is 1. The second-order valence-corrected chi connectivity index (χ2v) is 3.15. The normalized spacial score (nSPS) is 33.6. The van der Waals surface area contributed by atoms with E-state index >= 15 is 0 Å². The SMILES string of the molecule is CC(C)N[C@H]1CNC[C@@H]1O. The van der Waals surface area contributed by atoms with Gasteiger partial charge in [0.25, 0.3) is 0 Å². The molecule has 0 unspecified atom stereocenters. The van der Waals surface area contributed by atoms with E-state index < -0.39 is 0 Å². The molecule has 0 saturated carbocycles. The quantitative estimate of drug-likeness (QED) is 0.481. The molecule has 0 radical (unpaired) electrons. The predicted molar refractivity (Wildman–Crippen MR) is 40.9 cm³/mol. The molecule has 1 aliphatic heterocycles. The van der Waals surface area contributed by atoms with Crippen molar-refractivity contribution in [1.29, 1.82) is 0 Å². The Hall–Kier alpha value is -0.120. The summed E-state index contributed by atoms with van der Waals surface area (Å²) in [5.41, 5.74) is 0. The fourth-order valence-electron chi connectivity index (χ4n) is 1.26. The average Bonchev–Trinajstić information content (AvgIpc) is 2.15. The molecule has 1 heterocycles. The lowest BCUT2D eigenvalue weighted by molar-refractivity contribution is 0.159. The summed E-state index contributed by atoms with van der Waals surface area (Å²) < 4.78 is 0. The van der Waals surface area contributed by atoms with E-state index in [0.29, 0.717) is 6.04 Å². The van der Waals surface area contributed by atoms with Gasteiger partial charge in [0.1, 0.15) is 0 Å². The number of nitrogens with one attached hydrogen (secondary N) is 2. The van der Waals surface area contributed by atoms with Crippen molar-refractivity contribution in [2.75, 3.05) is 13.1 Å². The number of hydrogen-bond acceptors (Lipinski definition) is 3. The van der Waals surface area contributed by atoms with Crippen molar-refractivity contribution in [3.63, 3.8) is 0 Å². The molecule has 60 valence electrons. The fourth-order valence-corrected chi connectivity index (χ4v) is 1.26. The molecule has 0 spiro atoms. The van der Waals surface area contributed by atoms with Gasteiger partial charge in [0.05, 0.1) is 6.10 Å². The number of aliphatic hydroxyl groups is 1. The van der Waals surface area contributed by atoms with Crippen LogP contribution < -0.4 is 10.6 Å². The average molecular weight is 144 g/mol. The van der Waals surface area contributed by atoms with Crippen LogP contribution in [0.4, 0.5) is 0 Å². The Labute approximate surface area is 61.8 Å². The van der Waals surface area contributed by atoms with Gasteiger partial charge in [0.2, 0.25) is 0 Å². The van der Waals surface area contributed by atoms with Crippen molar-refractivity contribution in [1.82, 2.24) is 10.6 Å². The lowest BCUT2D eigenvalue weighted by Crippen LogP contribution is -2.42. The van der Waals surface area contributed by atoms with Gasteiger partial charge >= 0.3 is 0 Å². The van der Waals surface area contributed by atoms with Gasteiger partial charge in [-0.25, -0.2) is 0 Å². The van der Waals surface area contributed by atoms with Crippen LogP contribution in [-0.4, -0.2) is 36.4 Å². The first-order valence-corrected chi connectivity index (χ1v) is 3.85. The van der Waals surface area contributed by atoms with Crippen molar-refractivity contribution in [3.05, 3.63) is 0 Å². The summed E-state index contributed by atoms with van der Waals surface area (Å²) in [6.45, 7) is 5.79. The topological polar surface area (TPSA) is 44.3 Å². The van der Waals surface area contributed by atoms with Crippen molar-refractivity contribution >= 4 is 0 Å². The molecule has 1 aliphatic rings. The van der Waals surface area contributed by atoms with Gasteiger partial charge in [-0.2, -0.15) is 0 Å². The molecule has 2 atom stereocenters. The van der Waals surface area contributed by atoms with Crippen LogP contribution in [0.25, 0.3) is 0 Å². The Kier molecular flexibility index (Phi) is 2.65. The van der Waals surface area contributed by atoms with Crippen molar-refractivity contribution in [3.8, 4) is 0 Å². The molecule has 1 fully saturated rings. The van der Waals surface area contributed by atoms with Gasteiger partial charge in [-0.3, -0.25) is 0 Å². The zero-order valence-electron chi connectivity index (χ0n) is 6.59. The molecule has 0 aromatic rings. The van der Waals surface area contributed by atoms with E-state index in [-0.39, 0.29) is 12.1 Å². The molecule has 3 N–H and O–H groups in total. The first-order chi connectivity index (χ1) is 4.70. The highest BCUT2D eigenvalue weighted by Gasteiger charge is 2.24. The first-order valence-electron chi connectivity index (χ1n) is 3.85. The molecular formula is C7H16N2O. The van der Waals surface area contributed by atoms with Gasteiger partial charge in [0, 0.05) is 25.2 Å². The van der Waals surface area contributed by atoms with Crippen LogP contribution in [0.15, 0.2) is 0 Å². The summed E-state index contributed by atoms with van der Waals surface area (Å²) in [5, 5.41) is 15.7. The number of rotatable bonds is 2. The second kappa shape index (κ2) is 3.32. The molecule has 0 amide bonds. The van der Waals surface area contributed by atoms with Gasteiger partial charge in [-0.1, -0.05) is 13.8 Å². The van der Waals surface area contributed by atoms with E-state index in [4.69, 9.17) is 0 Å². The Morgan fingerprint density at radius 1 is 1.50 bits per heavy atom. The smallest absolute Gasteiger partial charge is 0.0829 e. The largest absolute Gasteiger partial charge is 0.390 e. The molecular weight excluding hydrogens is 128 g/mol. The molecule has 0 aromatic carbocycles. The molecule has 10 heavy (non-hydrogen) atoms. The minimum Gasteiger partial charge on any atom is -0.390 e. The Balaban J connectivity index is 2.26. The van der Waals surface area contributed by atoms with Crippen LogP contribution in [0.1, 0.15) is 13.8 Å². The van der Waals surface area contributed by atoms with Crippen LogP contribution in [0.5, 0.6) is 0 Å². The highest BCUT2D eigenvalue weighted by molar-refractivity contribution is 4.86. The third-order valence-electron chi connectivity index (χ3n) is 1.73. The summed E-state index contributed by atoms with van der Waals surface area (Å²) in [6.07, 6.45) is -0.206. The van der Waals surface area contributed by atoms with E-state index in [9.17, 15) is 5.11 Å².